The third kappa shape index (κ3) is 3.74. The number of nitriles is 1. The fourth-order valence-corrected chi connectivity index (χ4v) is 2.94. The van der Waals surface area contributed by atoms with Crippen molar-refractivity contribution in [2.24, 2.45) is 5.92 Å². The Hall–Kier alpha value is -1.01. The van der Waals surface area contributed by atoms with Gasteiger partial charge in [-0.1, -0.05) is 41.6 Å². The molecule has 0 unspecified atom stereocenters. The molecule has 2 nitrogen and oxygen atoms in total. The van der Waals surface area contributed by atoms with Crippen molar-refractivity contribution in [2.45, 2.75) is 38.5 Å². The molecule has 0 atom stereocenters. The van der Waals surface area contributed by atoms with Gasteiger partial charge in [-0.05, 0) is 37.0 Å². The summed E-state index contributed by atoms with van der Waals surface area (Å²) in [6, 6.07) is 8.01. The lowest BCUT2D eigenvalue weighted by atomic mass is 10.0. The molecule has 1 aliphatic carbocycles. The molecule has 1 aromatic rings. The topological polar surface area (TPSA) is 35.8 Å². The fraction of sp³-hybridized carbons (Fsp3) is 0.533. The molecular formula is C15H19BrN2. The van der Waals surface area contributed by atoms with Crippen LogP contribution in [0, 0.1) is 17.2 Å². The molecule has 0 aliphatic heterocycles. The summed E-state index contributed by atoms with van der Waals surface area (Å²) in [6.45, 7) is 0.991. The maximum Gasteiger partial charge on any atom is 0.101 e. The number of benzene rings is 1. The number of halogens is 1. The standard InChI is InChI=1S/C15H19BrN2/c16-14-8-7-13(10-17)15(9-14)18-11-12-5-3-1-2-4-6-12/h7-9,12,18H,1-6,11H2. The molecule has 0 radical (unpaired) electrons. The maximum atomic E-state index is 9.09. The molecule has 0 spiro atoms. The molecule has 0 saturated heterocycles. The summed E-state index contributed by atoms with van der Waals surface area (Å²) in [6.07, 6.45) is 8.13. The summed E-state index contributed by atoms with van der Waals surface area (Å²) in [4.78, 5) is 0. The number of hydrogen-bond acceptors (Lipinski definition) is 2. The van der Waals surface area contributed by atoms with E-state index in [1.54, 1.807) is 0 Å². The first-order chi connectivity index (χ1) is 8.79. The van der Waals surface area contributed by atoms with Gasteiger partial charge >= 0.3 is 0 Å². The summed E-state index contributed by atoms with van der Waals surface area (Å²) in [5.74, 6) is 0.762. The van der Waals surface area contributed by atoms with E-state index < -0.39 is 0 Å². The van der Waals surface area contributed by atoms with E-state index in [0.29, 0.717) is 0 Å². The van der Waals surface area contributed by atoms with Gasteiger partial charge < -0.3 is 5.32 Å². The molecule has 1 N–H and O–H groups in total. The minimum Gasteiger partial charge on any atom is -0.384 e. The van der Waals surface area contributed by atoms with Gasteiger partial charge in [-0.2, -0.15) is 5.26 Å². The smallest absolute Gasteiger partial charge is 0.101 e. The fourth-order valence-electron chi connectivity index (χ4n) is 2.58. The zero-order valence-electron chi connectivity index (χ0n) is 10.6. The zero-order valence-corrected chi connectivity index (χ0v) is 12.2. The summed E-state index contributed by atoms with van der Waals surface area (Å²) in [7, 11) is 0. The Morgan fingerprint density at radius 2 is 1.94 bits per heavy atom. The Morgan fingerprint density at radius 3 is 2.61 bits per heavy atom. The largest absolute Gasteiger partial charge is 0.384 e. The van der Waals surface area contributed by atoms with E-state index in [9.17, 15) is 0 Å². The first-order valence-corrected chi connectivity index (χ1v) is 7.52. The van der Waals surface area contributed by atoms with E-state index in [4.69, 9.17) is 5.26 Å². The Morgan fingerprint density at radius 1 is 1.22 bits per heavy atom. The van der Waals surface area contributed by atoms with Crippen LogP contribution in [0.1, 0.15) is 44.1 Å². The van der Waals surface area contributed by atoms with Crippen LogP contribution in [0.3, 0.4) is 0 Å². The van der Waals surface area contributed by atoms with Gasteiger partial charge in [-0.25, -0.2) is 0 Å². The van der Waals surface area contributed by atoms with Crippen LogP contribution in [0.4, 0.5) is 5.69 Å². The molecule has 0 heterocycles. The Balaban J connectivity index is 1.96. The summed E-state index contributed by atoms with van der Waals surface area (Å²) >= 11 is 3.45. The van der Waals surface area contributed by atoms with E-state index in [1.165, 1.54) is 38.5 Å². The Labute approximate surface area is 118 Å². The molecule has 0 amide bonds. The van der Waals surface area contributed by atoms with Crippen LogP contribution in [-0.2, 0) is 0 Å². The highest BCUT2D eigenvalue weighted by molar-refractivity contribution is 9.10. The van der Waals surface area contributed by atoms with E-state index in [0.717, 1.165) is 28.2 Å². The number of anilines is 1. The monoisotopic (exact) mass is 306 g/mol. The van der Waals surface area contributed by atoms with Crippen molar-refractivity contribution in [1.82, 2.24) is 0 Å². The third-order valence-corrected chi connectivity index (χ3v) is 4.15. The number of rotatable bonds is 3. The Kier molecular flexibility index (Phi) is 5.07. The predicted molar refractivity (Wildman–Crippen MR) is 78.5 cm³/mol. The SMILES string of the molecule is N#Cc1ccc(Br)cc1NCC1CCCCCC1. The minimum absolute atomic E-state index is 0.729. The predicted octanol–water partition coefficient (Wildman–Crippen LogP) is 4.70. The van der Waals surface area contributed by atoms with Crippen molar-refractivity contribution in [3.05, 3.63) is 28.2 Å². The molecule has 3 heteroatoms. The van der Waals surface area contributed by atoms with Crippen LogP contribution >= 0.6 is 15.9 Å². The van der Waals surface area contributed by atoms with Crippen molar-refractivity contribution in [2.75, 3.05) is 11.9 Å². The summed E-state index contributed by atoms with van der Waals surface area (Å²) in [5.41, 5.74) is 1.68. The quantitative estimate of drug-likeness (QED) is 0.821. The average molecular weight is 307 g/mol. The first kappa shape index (κ1) is 13.4. The molecular weight excluding hydrogens is 288 g/mol. The second-order valence-electron chi connectivity index (χ2n) is 5.04. The van der Waals surface area contributed by atoms with E-state index in [1.807, 2.05) is 18.2 Å². The van der Waals surface area contributed by atoms with Gasteiger partial charge in [0.05, 0.1) is 11.3 Å². The van der Waals surface area contributed by atoms with Crippen LogP contribution in [-0.4, -0.2) is 6.54 Å². The van der Waals surface area contributed by atoms with Gasteiger partial charge in [-0.15, -0.1) is 0 Å². The lowest BCUT2D eigenvalue weighted by molar-refractivity contribution is 0.483. The molecule has 96 valence electrons. The van der Waals surface area contributed by atoms with Gasteiger partial charge in [0, 0.05) is 11.0 Å². The number of hydrogen-bond donors (Lipinski definition) is 1. The van der Waals surface area contributed by atoms with E-state index in [-0.39, 0.29) is 0 Å². The van der Waals surface area contributed by atoms with Gasteiger partial charge in [-0.3, -0.25) is 0 Å². The van der Waals surface area contributed by atoms with E-state index >= 15 is 0 Å². The van der Waals surface area contributed by atoms with Gasteiger partial charge in [0.1, 0.15) is 6.07 Å². The van der Waals surface area contributed by atoms with Crippen LogP contribution in [0.15, 0.2) is 22.7 Å². The van der Waals surface area contributed by atoms with Crippen LogP contribution in [0.25, 0.3) is 0 Å². The lowest BCUT2D eigenvalue weighted by Crippen LogP contribution is -2.14. The van der Waals surface area contributed by atoms with Crippen LogP contribution in [0.5, 0.6) is 0 Å². The molecule has 1 aromatic carbocycles. The highest BCUT2D eigenvalue weighted by Gasteiger charge is 2.12. The van der Waals surface area contributed by atoms with Gasteiger partial charge in [0.15, 0.2) is 0 Å². The highest BCUT2D eigenvalue weighted by atomic mass is 79.9. The highest BCUT2D eigenvalue weighted by Crippen LogP contribution is 2.25. The average Bonchev–Trinajstić information content (AvgIpc) is 2.65. The molecule has 1 aliphatic rings. The number of nitrogens with zero attached hydrogens (tertiary/aromatic N) is 1. The summed E-state index contributed by atoms with van der Waals surface area (Å²) in [5, 5.41) is 12.5. The molecule has 0 bridgehead atoms. The van der Waals surface area contributed by atoms with Crippen molar-refractivity contribution in [1.29, 1.82) is 5.26 Å². The van der Waals surface area contributed by atoms with Crippen LogP contribution < -0.4 is 5.32 Å². The van der Waals surface area contributed by atoms with Crippen molar-refractivity contribution in [3.63, 3.8) is 0 Å². The van der Waals surface area contributed by atoms with Gasteiger partial charge in [0.2, 0.25) is 0 Å². The van der Waals surface area contributed by atoms with Crippen LogP contribution in [0.2, 0.25) is 0 Å². The molecule has 18 heavy (non-hydrogen) atoms. The second kappa shape index (κ2) is 6.80. The van der Waals surface area contributed by atoms with E-state index in [2.05, 4.69) is 27.3 Å². The second-order valence-corrected chi connectivity index (χ2v) is 5.96. The van der Waals surface area contributed by atoms with Crippen molar-refractivity contribution < 1.29 is 0 Å². The van der Waals surface area contributed by atoms with Crippen molar-refractivity contribution in [3.8, 4) is 6.07 Å². The third-order valence-electron chi connectivity index (χ3n) is 3.66. The molecule has 1 fully saturated rings. The van der Waals surface area contributed by atoms with Gasteiger partial charge in [0.25, 0.3) is 0 Å². The maximum absolute atomic E-state index is 9.09. The normalized spacial score (nSPS) is 16.9. The zero-order chi connectivity index (χ0) is 12.8. The Bertz CT molecular complexity index is 429. The molecule has 0 aromatic heterocycles. The molecule has 1 saturated carbocycles. The lowest BCUT2D eigenvalue weighted by Gasteiger charge is -2.16. The van der Waals surface area contributed by atoms with Crippen molar-refractivity contribution >= 4 is 21.6 Å². The first-order valence-electron chi connectivity index (χ1n) is 6.73. The minimum atomic E-state index is 0.729. The number of nitrogens with one attached hydrogen (secondary N) is 1. The summed E-state index contributed by atoms with van der Waals surface area (Å²) < 4.78 is 1.02. The molecule has 2 rings (SSSR count).